The number of aromatic nitrogens is 3. The number of nitro groups is 1. The summed E-state index contributed by atoms with van der Waals surface area (Å²) in [5.41, 5.74) is 1.31. The Balaban J connectivity index is 1.33. The van der Waals surface area contributed by atoms with Gasteiger partial charge in [0.1, 0.15) is 5.75 Å². The highest BCUT2D eigenvalue weighted by molar-refractivity contribution is 5.28. The summed E-state index contributed by atoms with van der Waals surface area (Å²) in [6.07, 6.45) is 7.14. The number of hydrogen-bond donors (Lipinski definition) is 3. The molecule has 1 aliphatic heterocycles. The van der Waals surface area contributed by atoms with Crippen LogP contribution in [0, 0.1) is 10.1 Å². The van der Waals surface area contributed by atoms with E-state index in [1.54, 1.807) is 11.7 Å². The third kappa shape index (κ3) is 9.44. The number of ether oxygens (including phenoxy) is 1. The predicted octanol–water partition coefficient (Wildman–Crippen LogP) is 2.50. The van der Waals surface area contributed by atoms with Crippen LogP contribution in [-0.4, -0.2) is 64.4 Å². The minimum absolute atomic E-state index is 0.377. The number of nitrogens with zero attached hydrogens (tertiary/aromatic N) is 5. The van der Waals surface area contributed by atoms with Crippen LogP contribution in [0.1, 0.15) is 43.5 Å². The minimum Gasteiger partial charge on any atom is -0.494 e. The van der Waals surface area contributed by atoms with Crippen LogP contribution in [0.2, 0.25) is 0 Å². The van der Waals surface area contributed by atoms with Crippen molar-refractivity contribution >= 4 is 5.95 Å². The number of likely N-dealkylation sites (tertiary alicyclic amines) is 1. The smallest absolute Gasteiger partial charge is 0.274 e. The van der Waals surface area contributed by atoms with Crippen LogP contribution in [0.4, 0.5) is 5.95 Å². The van der Waals surface area contributed by atoms with Crippen molar-refractivity contribution in [1.82, 2.24) is 30.3 Å². The molecular weight excluding hydrogens is 448 g/mol. The van der Waals surface area contributed by atoms with E-state index >= 15 is 0 Å². The minimum atomic E-state index is -0.490. The van der Waals surface area contributed by atoms with E-state index in [1.165, 1.54) is 37.9 Å². The largest absolute Gasteiger partial charge is 0.494 e. The van der Waals surface area contributed by atoms with Crippen LogP contribution in [0.25, 0.3) is 0 Å². The van der Waals surface area contributed by atoms with Gasteiger partial charge < -0.3 is 20.7 Å². The fourth-order valence-electron chi connectivity index (χ4n) is 4.04. The Kier molecular flexibility index (Phi) is 10.6. The Morgan fingerprint density at radius 1 is 1.23 bits per heavy atom. The second-order valence-corrected chi connectivity index (χ2v) is 8.70. The number of piperidine rings is 1. The molecule has 0 saturated carbocycles. The summed E-state index contributed by atoms with van der Waals surface area (Å²) >= 11 is 0. The Morgan fingerprint density at radius 2 is 2.06 bits per heavy atom. The highest BCUT2D eigenvalue weighted by atomic mass is 16.6. The molecule has 0 spiro atoms. The van der Waals surface area contributed by atoms with E-state index in [4.69, 9.17) is 4.74 Å². The highest BCUT2D eigenvalue weighted by Crippen LogP contribution is 2.18. The van der Waals surface area contributed by atoms with E-state index in [9.17, 15) is 10.1 Å². The maximum Gasteiger partial charge on any atom is 0.274 e. The molecule has 2 aromatic rings. The second-order valence-electron chi connectivity index (χ2n) is 8.70. The monoisotopic (exact) mass is 486 g/mol. The highest BCUT2D eigenvalue weighted by Gasteiger charge is 2.11. The van der Waals surface area contributed by atoms with Gasteiger partial charge >= 0.3 is 0 Å². The lowest BCUT2D eigenvalue weighted by molar-refractivity contribution is -0.404. The molecule has 0 atom stereocenters. The SMILES string of the molecule is CN/C(=C/[N+](=O)[O-])NCCCc1nc(NCCCOc2cccc(CN3CCCCC3)c2)n(C)n1. The Bertz CT molecular complexity index is 956. The number of hydrogen-bond acceptors (Lipinski definition) is 9. The summed E-state index contributed by atoms with van der Waals surface area (Å²) < 4.78 is 7.70. The Labute approximate surface area is 207 Å². The van der Waals surface area contributed by atoms with Crippen molar-refractivity contribution < 1.29 is 9.66 Å². The van der Waals surface area contributed by atoms with E-state index in [0.29, 0.717) is 25.4 Å². The van der Waals surface area contributed by atoms with Crippen molar-refractivity contribution in [3.63, 3.8) is 0 Å². The van der Waals surface area contributed by atoms with E-state index in [-0.39, 0.29) is 0 Å². The first kappa shape index (κ1) is 26.3. The quantitative estimate of drug-likeness (QED) is 0.198. The van der Waals surface area contributed by atoms with Gasteiger partial charge in [0.2, 0.25) is 5.95 Å². The van der Waals surface area contributed by atoms with Gasteiger partial charge in [-0.15, -0.1) is 0 Å². The van der Waals surface area contributed by atoms with Crippen LogP contribution in [0.3, 0.4) is 0 Å². The molecule has 0 radical (unpaired) electrons. The van der Waals surface area contributed by atoms with Crippen LogP contribution in [0.5, 0.6) is 5.75 Å². The fourth-order valence-corrected chi connectivity index (χ4v) is 4.04. The van der Waals surface area contributed by atoms with Crippen LogP contribution in [-0.2, 0) is 20.0 Å². The van der Waals surface area contributed by atoms with Gasteiger partial charge in [-0.1, -0.05) is 18.6 Å². The molecule has 192 valence electrons. The molecule has 1 aliphatic rings. The van der Waals surface area contributed by atoms with Gasteiger partial charge in [0.05, 0.1) is 11.5 Å². The molecule has 2 heterocycles. The number of aryl methyl sites for hydroxylation is 2. The van der Waals surface area contributed by atoms with Gasteiger partial charge in [0.15, 0.2) is 11.6 Å². The molecule has 0 aliphatic carbocycles. The van der Waals surface area contributed by atoms with Crippen molar-refractivity contribution in [3.05, 3.63) is 57.8 Å². The molecule has 0 amide bonds. The third-order valence-electron chi connectivity index (χ3n) is 5.83. The van der Waals surface area contributed by atoms with Crippen LogP contribution in [0.15, 0.2) is 36.3 Å². The fraction of sp³-hybridized carbons (Fsp3) is 0.583. The van der Waals surface area contributed by atoms with E-state index in [1.807, 2.05) is 13.1 Å². The number of rotatable bonds is 15. The zero-order chi connectivity index (χ0) is 24.9. The van der Waals surface area contributed by atoms with Gasteiger partial charge in [-0.05, 0) is 56.5 Å². The molecular formula is C24H38N8O3. The van der Waals surface area contributed by atoms with Crippen molar-refractivity contribution in [3.8, 4) is 5.75 Å². The summed E-state index contributed by atoms with van der Waals surface area (Å²) in [7, 11) is 3.50. The van der Waals surface area contributed by atoms with Crippen LogP contribution < -0.4 is 20.7 Å². The normalized spacial score (nSPS) is 14.5. The Morgan fingerprint density at radius 3 is 2.83 bits per heavy atom. The average Bonchev–Trinajstić information content (AvgIpc) is 3.20. The molecule has 35 heavy (non-hydrogen) atoms. The summed E-state index contributed by atoms with van der Waals surface area (Å²) in [6.45, 7) is 5.32. The lowest BCUT2D eigenvalue weighted by atomic mass is 10.1. The second kappa shape index (κ2) is 14.1. The first-order chi connectivity index (χ1) is 17.0. The van der Waals surface area contributed by atoms with E-state index in [0.717, 1.165) is 49.7 Å². The lowest BCUT2D eigenvalue weighted by Crippen LogP contribution is -2.29. The summed E-state index contributed by atoms with van der Waals surface area (Å²) in [6, 6.07) is 8.41. The van der Waals surface area contributed by atoms with Crippen molar-refractivity contribution in [2.45, 2.75) is 45.1 Å². The standard InChI is InChI=1S/C24H38N8O3/c1-25-23(19-32(33)34)26-12-7-11-22-28-24(30(2)29-22)27-13-8-16-35-21-10-6-9-20(17-21)18-31-14-4-3-5-15-31/h6,9-10,17,19,25-26H,3-5,7-8,11-16,18H2,1-2H3,(H,27,28,29)/b23-19-. The summed E-state index contributed by atoms with van der Waals surface area (Å²) in [5, 5.41) is 24.1. The number of benzene rings is 1. The van der Waals surface area contributed by atoms with Crippen molar-refractivity contribution in [1.29, 1.82) is 0 Å². The maximum absolute atomic E-state index is 10.6. The number of anilines is 1. The van der Waals surface area contributed by atoms with E-state index < -0.39 is 4.92 Å². The summed E-state index contributed by atoms with van der Waals surface area (Å²) in [4.78, 5) is 17.1. The average molecular weight is 487 g/mol. The first-order valence-electron chi connectivity index (χ1n) is 12.4. The molecule has 1 aromatic heterocycles. The van der Waals surface area contributed by atoms with E-state index in [2.05, 4.69) is 49.1 Å². The number of nitrogens with one attached hydrogen (secondary N) is 3. The molecule has 1 fully saturated rings. The lowest BCUT2D eigenvalue weighted by Gasteiger charge is -2.26. The first-order valence-corrected chi connectivity index (χ1v) is 12.4. The molecule has 1 saturated heterocycles. The molecule has 0 bridgehead atoms. The molecule has 1 aromatic carbocycles. The predicted molar refractivity (Wildman–Crippen MR) is 136 cm³/mol. The van der Waals surface area contributed by atoms with Gasteiger partial charge in [-0.25, -0.2) is 4.68 Å². The van der Waals surface area contributed by atoms with Gasteiger partial charge in [0, 0.05) is 40.2 Å². The molecule has 3 rings (SSSR count). The molecule has 3 N–H and O–H groups in total. The van der Waals surface area contributed by atoms with Crippen LogP contribution >= 0.6 is 0 Å². The van der Waals surface area contributed by atoms with Crippen molar-refractivity contribution in [2.75, 3.05) is 45.2 Å². The molecule has 0 unspecified atom stereocenters. The third-order valence-corrected chi connectivity index (χ3v) is 5.83. The Hall–Kier alpha value is -3.34. The van der Waals surface area contributed by atoms with Gasteiger partial charge in [-0.2, -0.15) is 10.1 Å². The zero-order valence-corrected chi connectivity index (χ0v) is 20.8. The molecule has 11 heteroatoms. The molecule has 11 nitrogen and oxygen atoms in total. The maximum atomic E-state index is 10.6. The van der Waals surface area contributed by atoms with Crippen molar-refractivity contribution in [2.24, 2.45) is 7.05 Å². The summed E-state index contributed by atoms with van der Waals surface area (Å²) in [5.74, 6) is 2.76. The zero-order valence-electron chi connectivity index (χ0n) is 20.8. The van der Waals surface area contributed by atoms with Gasteiger partial charge in [0.25, 0.3) is 6.20 Å². The topological polar surface area (TPSA) is 122 Å². The van der Waals surface area contributed by atoms with Gasteiger partial charge in [-0.3, -0.25) is 15.0 Å².